The van der Waals surface area contributed by atoms with Crippen LogP contribution in [0.2, 0.25) is 0 Å². The Morgan fingerprint density at radius 2 is 1.78 bits per heavy atom. The molecule has 222 valence electrons. The predicted octanol–water partition coefficient (Wildman–Crippen LogP) is 6.03. The van der Waals surface area contributed by atoms with Crippen LogP contribution in [0.15, 0.2) is 24.4 Å². The molecule has 3 fully saturated rings. The summed E-state index contributed by atoms with van der Waals surface area (Å²) in [4.78, 5) is 25.4. The molecule has 2 bridgehead atoms. The van der Waals surface area contributed by atoms with Gasteiger partial charge >= 0.3 is 12.3 Å². The maximum absolute atomic E-state index is 14.0. The number of fused-ring (bicyclic) bond motifs is 5. The number of hydrogen-bond acceptors (Lipinski definition) is 8. The monoisotopic (exact) mass is 574 g/mol. The lowest BCUT2D eigenvalue weighted by molar-refractivity contribution is -0.137. The number of carbonyl (C=O) groups is 1. The molecule has 2 unspecified atom stereocenters. The van der Waals surface area contributed by atoms with E-state index in [-0.39, 0.29) is 42.0 Å². The van der Waals surface area contributed by atoms with E-state index in [1.165, 1.54) is 0 Å². The topological polar surface area (TPSA) is 91.8 Å². The average Bonchev–Trinajstić information content (AvgIpc) is 3.62. The first-order valence-electron chi connectivity index (χ1n) is 14.4. The van der Waals surface area contributed by atoms with Crippen molar-refractivity contribution in [3.05, 3.63) is 41.1 Å². The summed E-state index contributed by atoms with van der Waals surface area (Å²) in [6.45, 7) is 8.36. The smallest absolute Gasteiger partial charge is 0.421 e. The molecule has 1 amide bonds. The number of halogens is 3. The van der Waals surface area contributed by atoms with E-state index in [1.807, 2.05) is 43.9 Å². The maximum atomic E-state index is 14.0. The van der Waals surface area contributed by atoms with Gasteiger partial charge in [-0.1, -0.05) is 6.07 Å². The van der Waals surface area contributed by atoms with Crippen LogP contribution < -0.4 is 10.6 Å². The number of ether oxygens (including phenoxy) is 2. The van der Waals surface area contributed by atoms with E-state index >= 15 is 0 Å². The first-order valence-corrected chi connectivity index (χ1v) is 14.4. The SMILES string of the molecule is CC(C)(C)OC(=O)N1C2CCC1c1cc(Nc3ncc(C(F)(F)F)c(N[C@@H]4CCC[C@H]4N4CCOCC4)n3)ccc12. The molecule has 1 aliphatic carbocycles. The van der Waals surface area contributed by atoms with Gasteiger partial charge in [-0.3, -0.25) is 9.80 Å². The average molecular weight is 575 g/mol. The fourth-order valence-corrected chi connectivity index (χ4v) is 6.75. The Balaban J connectivity index is 1.22. The van der Waals surface area contributed by atoms with Gasteiger partial charge in [-0.05, 0) is 76.1 Å². The summed E-state index contributed by atoms with van der Waals surface area (Å²) in [5, 5.41) is 6.24. The van der Waals surface area contributed by atoms with Gasteiger partial charge in [0, 0.05) is 37.1 Å². The molecule has 4 heterocycles. The number of alkyl halides is 3. The summed E-state index contributed by atoms with van der Waals surface area (Å²) in [6, 6.07) is 5.60. The van der Waals surface area contributed by atoms with Crippen LogP contribution >= 0.6 is 0 Å². The van der Waals surface area contributed by atoms with Crippen LogP contribution in [0.25, 0.3) is 0 Å². The summed E-state index contributed by atoms with van der Waals surface area (Å²) < 4.78 is 53.0. The third kappa shape index (κ3) is 5.68. The van der Waals surface area contributed by atoms with Gasteiger partial charge in [0.05, 0.1) is 25.3 Å². The van der Waals surface area contributed by atoms with Gasteiger partial charge in [0.2, 0.25) is 5.95 Å². The molecular weight excluding hydrogens is 537 g/mol. The fraction of sp³-hybridized carbons (Fsp3) is 0.621. The van der Waals surface area contributed by atoms with Crippen LogP contribution in [0, 0.1) is 0 Å². The molecule has 2 saturated heterocycles. The van der Waals surface area contributed by atoms with Crippen molar-refractivity contribution in [1.82, 2.24) is 19.8 Å². The van der Waals surface area contributed by atoms with E-state index in [9.17, 15) is 18.0 Å². The van der Waals surface area contributed by atoms with Crippen LogP contribution in [-0.2, 0) is 15.7 Å². The minimum Gasteiger partial charge on any atom is -0.444 e. The Morgan fingerprint density at radius 1 is 1.05 bits per heavy atom. The number of carbonyl (C=O) groups excluding carboxylic acids is 1. The number of benzene rings is 1. The van der Waals surface area contributed by atoms with Crippen LogP contribution in [0.4, 0.5) is 35.4 Å². The fourth-order valence-electron chi connectivity index (χ4n) is 6.75. The lowest BCUT2D eigenvalue weighted by atomic mass is 9.91. The summed E-state index contributed by atoms with van der Waals surface area (Å²) >= 11 is 0. The van der Waals surface area contributed by atoms with Gasteiger partial charge in [0.15, 0.2) is 0 Å². The molecule has 2 N–H and O–H groups in total. The first-order chi connectivity index (χ1) is 19.5. The van der Waals surface area contributed by atoms with E-state index in [0.29, 0.717) is 18.9 Å². The highest BCUT2D eigenvalue weighted by Gasteiger charge is 2.48. The van der Waals surface area contributed by atoms with Crippen LogP contribution in [-0.4, -0.2) is 69.8 Å². The molecular formula is C29H37F3N6O3. The molecule has 41 heavy (non-hydrogen) atoms. The van der Waals surface area contributed by atoms with Crippen molar-refractivity contribution in [3.8, 4) is 0 Å². The van der Waals surface area contributed by atoms with E-state index in [2.05, 4.69) is 25.5 Å². The first kappa shape index (κ1) is 28.0. The van der Waals surface area contributed by atoms with Crippen molar-refractivity contribution in [2.24, 2.45) is 0 Å². The molecule has 9 nitrogen and oxygen atoms in total. The van der Waals surface area contributed by atoms with Crippen LogP contribution in [0.1, 0.15) is 81.6 Å². The highest BCUT2D eigenvalue weighted by atomic mass is 19.4. The van der Waals surface area contributed by atoms with Gasteiger partial charge in [0.25, 0.3) is 0 Å². The Labute approximate surface area is 237 Å². The molecule has 1 aromatic carbocycles. The molecule has 3 aliphatic heterocycles. The Kier molecular flexibility index (Phi) is 7.25. The third-order valence-electron chi connectivity index (χ3n) is 8.46. The molecule has 0 radical (unpaired) electrons. The molecule has 4 atom stereocenters. The summed E-state index contributed by atoms with van der Waals surface area (Å²) in [7, 11) is 0. The molecule has 4 aliphatic rings. The highest BCUT2D eigenvalue weighted by molar-refractivity contribution is 5.73. The second-order valence-corrected chi connectivity index (χ2v) is 12.3. The molecule has 2 aromatic rings. The van der Waals surface area contributed by atoms with Crippen molar-refractivity contribution in [2.75, 3.05) is 36.9 Å². The zero-order chi connectivity index (χ0) is 28.9. The van der Waals surface area contributed by atoms with Gasteiger partial charge in [-0.2, -0.15) is 18.2 Å². The summed E-state index contributed by atoms with van der Waals surface area (Å²) in [5.74, 6) is -0.134. The van der Waals surface area contributed by atoms with Crippen molar-refractivity contribution in [2.45, 2.75) is 88.8 Å². The molecule has 0 spiro atoms. The molecule has 1 aromatic heterocycles. The number of amides is 1. The quantitative estimate of drug-likeness (QED) is 0.447. The van der Waals surface area contributed by atoms with Crippen molar-refractivity contribution < 1.29 is 27.4 Å². The minimum absolute atomic E-state index is 0.0390. The van der Waals surface area contributed by atoms with Crippen molar-refractivity contribution in [1.29, 1.82) is 0 Å². The predicted molar refractivity (Wildman–Crippen MR) is 147 cm³/mol. The number of aromatic nitrogens is 2. The molecule has 1 saturated carbocycles. The zero-order valence-electron chi connectivity index (χ0n) is 23.6. The van der Waals surface area contributed by atoms with Gasteiger partial charge in [0.1, 0.15) is 17.0 Å². The number of morpholine rings is 1. The lowest BCUT2D eigenvalue weighted by Crippen LogP contribution is -2.49. The summed E-state index contributed by atoms with van der Waals surface area (Å²) in [5.41, 5.74) is 1.27. The number of anilines is 3. The number of nitrogens with one attached hydrogen (secondary N) is 2. The van der Waals surface area contributed by atoms with E-state index in [4.69, 9.17) is 9.47 Å². The normalized spacial score (nSPS) is 26.2. The highest BCUT2D eigenvalue weighted by Crippen LogP contribution is 2.54. The third-order valence-corrected chi connectivity index (χ3v) is 8.46. The zero-order valence-corrected chi connectivity index (χ0v) is 23.6. The standard InChI is InChI=1S/C29H37F3N6O3/c1-28(2,3)41-27(39)38-22-9-10-23(38)19-15-17(7-8-18(19)22)34-26-33-16-20(29(30,31)32)25(36-26)35-21-5-4-6-24(21)37-11-13-40-14-12-37/h7-8,15-16,21-24H,4-6,9-14H2,1-3H3,(H2,33,34,35,36)/t21-,22?,23?,24-/m1/s1. The van der Waals surface area contributed by atoms with Crippen molar-refractivity contribution >= 4 is 23.5 Å². The van der Waals surface area contributed by atoms with Gasteiger partial charge in [-0.15, -0.1) is 0 Å². The largest absolute Gasteiger partial charge is 0.444 e. The van der Waals surface area contributed by atoms with Crippen LogP contribution in [0.3, 0.4) is 0 Å². The van der Waals surface area contributed by atoms with Crippen molar-refractivity contribution in [3.63, 3.8) is 0 Å². The van der Waals surface area contributed by atoms with E-state index in [0.717, 1.165) is 62.5 Å². The van der Waals surface area contributed by atoms with Gasteiger partial charge < -0.3 is 20.1 Å². The second-order valence-electron chi connectivity index (χ2n) is 12.3. The maximum Gasteiger partial charge on any atom is 0.421 e. The van der Waals surface area contributed by atoms with Gasteiger partial charge in [-0.25, -0.2) is 9.78 Å². The van der Waals surface area contributed by atoms with Crippen LogP contribution in [0.5, 0.6) is 0 Å². The minimum atomic E-state index is -4.59. The molecule has 12 heteroatoms. The summed E-state index contributed by atoms with van der Waals surface area (Å²) in [6.07, 6.45) is 0.251. The van der Waals surface area contributed by atoms with E-state index in [1.54, 1.807) is 0 Å². The Bertz CT molecular complexity index is 1290. The number of rotatable bonds is 5. The Morgan fingerprint density at radius 3 is 2.49 bits per heavy atom. The number of hydrogen-bond donors (Lipinski definition) is 2. The van der Waals surface area contributed by atoms with E-state index < -0.39 is 17.3 Å². The Hall–Kier alpha value is -3.12. The lowest BCUT2D eigenvalue weighted by Gasteiger charge is -2.36. The number of nitrogens with zero attached hydrogens (tertiary/aromatic N) is 4. The second kappa shape index (κ2) is 10.6. The molecule has 6 rings (SSSR count).